The zero-order valence-corrected chi connectivity index (χ0v) is 14.5. The highest BCUT2D eigenvalue weighted by molar-refractivity contribution is 9.10. The second-order valence-electron chi connectivity index (χ2n) is 4.27. The Bertz CT molecular complexity index is 869. The summed E-state index contributed by atoms with van der Waals surface area (Å²) in [7, 11) is -3.81. The molecule has 0 atom stereocenters. The Balaban J connectivity index is 2.17. The largest absolute Gasteiger partial charge is 0.288 e. The van der Waals surface area contributed by atoms with Crippen molar-refractivity contribution in [1.82, 2.24) is 4.83 Å². The number of nitrogens with zero attached hydrogens (tertiary/aromatic N) is 2. The molecular formula is C13H9BrClN3O4S. The molecule has 0 heterocycles. The van der Waals surface area contributed by atoms with Crippen LogP contribution in [0.4, 0.5) is 5.69 Å². The molecule has 0 fully saturated rings. The highest BCUT2D eigenvalue weighted by Gasteiger charge is 2.13. The average molecular weight is 419 g/mol. The third-order valence-electron chi connectivity index (χ3n) is 2.68. The minimum absolute atomic E-state index is 0.0115. The summed E-state index contributed by atoms with van der Waals surface area (Å²) >= 11 is 8.90. The standard InChI is InChI=1S/C13H9BrClN3O4S/c14-10-2-4-11(5-3-10)23(21,22)17-16-8-9-1-6-12(15)13(7-9)18(19)20/h1-8,17H. The summed E-state index contributed by atoms with van der Waals surface area (Å²) in [5.41, 5.74) is 0.0472. The van der Waals surface area contributed by atoms with E-state index < -0.39 is 14.9 Å². The first-order valence-electron chi connectivity index (χ1n) is 6.04. The molecule has 2 aromatic carbocycles. The van der Waals surface area contributed by atoms with Crippen molar-refractivity contribution in [2.75, 3.05) is 0 Å². The van der Waals surface area contributed by atoms with Crippen molar-refractivity contribution in [3.63, 3.8) is 0 Å². The number of nitro groups is 1. The van der Waals surface area contributed by atoms with E-state index in [1.807, 2.05) is 4.83 Å². The SMILES string of the molecule is O=[N+]([O-])c1cc(C=NNS(=O)(=O)c2ccc(Br)cc2)ccc1Cl. The predicted molar refractivity (Wildman–Crippen MR) is 90.2 cm³/mol. The van der Waals surface area contributed by atoms with E-state index in [4.69, 9.17) is 11.6 Å². The van der Waals surface area contributed by atoms with E-state index in [2.05, 4.69) is 21.0 Å². The van der Waals surface area contributed by atoms with Crippen LogP contribution in [0.3, 0.4) is 0 Å². The van der Waals surface area contributed by atoms with Crippen molar-refractivity contribution in [2.45, 2.75) is 4.90 Å². The number of nitrogens with one attached hydrogen (secondary N) is 1. The van der Waals surface area contributed by atoms with Gasteiger partial charge in [0.2, 0.25) is 0 Å². The highest BCUT2D eigenvalue weighted by atomic mass is 79.9. The summed E-state index contributed by atoms with van der Waals surface area (Å²) in [6.45, 7) is 0. The first-order valence-corrected chi connectivity index (χ1v) is 8.69. The Morgan fingerprint density at radius 2 is 1.87 bits per heavy atom. The monoisotopic (exact) mass is 417 g/mol. The van der Waals surface area contributed by atoms with Gasteiger partial charge in [-0.1, -0.05) is 33.6 Å². The zero-order valence-electron chi connectivity index (χ0n) is 11.3. The van der Waals surface area contributed by atoms with E-state index in [-0.39, 0.29) is 15.6 Å². The van der Waals surface area contributed by atoms with Gasteiger partial charge in [0.15, 0.2) is 0 Å². The number of hydrogen-bond donors (Lipinski definition) is 1. The van der Waals surface area contributed by atoms with Gasteiger partial charge in [-0.15, -0.1) is 0 Å². The van der Waals surface area contributed by atoms with E-state index in [9.17, 15) is 18.5 Å². The van der Waals surface area contributed by atoms with Crippen molar-refractivity contribution in [2.24, 2.45) is 5.10 Å². The number of sulfonamides is 1. The minimum Gasteiger partial charge on any atom is -0.258 e. The summed E-state index contributed by atoms with van der Waals surface area (Å²) in [5.74, 6) is 0. The maximum atomic E-state index is 12.0. The van der Waals surface area contributed by atoms with Gasteiger partial charge in [0, 0.05) is 16.1 Å². The van der Waals surface area contributed by atoms with Crippen LogP contribution in [0.1, 0.15) is 5.56 Å². The molecule has 0 saturated heterocycles. The lowest BCUT2D eigenvalue weighted by molar-refractivity contribution is -0.384. The second-order valence-corrected chi connectivity index (χ2v) is 7.26. The molecule has 1 N–H and O–H groups in total. The number of benzene rings is 2. The Hall–Kier alpha value is -1.97. The van der Waals surface area contributed by atoms with Gasteiger partial charge >= 0.3 is 0 Å². The van der Waals surface area contributed by atoms with Crippen molar-refractivity contribution < 1.29 is 13.3 Å². The van der Waals surface area contributed by atoms with Gasteiger partial charge in [0.05, 0.1) is 16.0 Å². The van der Waals surface area contributed by atoms with Crippen LogP contribution in [-0.2, 0) is 10.0 Å². The second kappa shape index (κ2) is 7.07. The van der Waals surface area contributed by atoms with Gasteiger partial charge in [0.1, 0.15) is 5.02 Å². The third kappa shape index (κ3) is 4.50. The van der Waals surface area contributed by atoms with Crippen molar-refractivity contribution in [3.05, 3.63) is 67.6 Å². The normalized spacial score (nSPS) is 11.6. The fourth-order valence-electron chi connectivity index (χ4n) is 1.59. The third-order valence-corrected chi connectivity index (χ3v) is 4.76. The molecule has 0 spiro atoms. The van der Waals surface area contributed by atoms with Crippen LogP contribution < -0.4 is 4.83 Å². The van der Waals surface area contributed by atoms with Gasteiger partial charge in [-0.05, 0) is 30.3 Å². The summed E-state index contributed by atoms with van der Waals surface area (Å²) in [5, 5.41) is 14.4. The van der Waals surface area contributed by atoms with Crippen molar-refractivity contribution >= 4 is 49.5 Å². The number of rotatable bonds is 5. The average Bonchev–Trinajstić information content (AvgIpc) is 2.49. The number of nitro benzene ring substituents is 1. The molecule has 23 heavy (non-hydrogen) atoms. The number of halogens is 2. The van der Waals surface area contributed by atoms with Crippen LogP contribution in [0, 0.1) is 10.1 Å². The zero-order chi connectivity index (χ0) is 17.0. The molecule has 0 aliphatic heterocycles. The van der Waals surface area contributed by atoms with Crippen LogP contribution in [0.15, 0.2) is 56.9 Å². The minimum atomic E-state index is -3.81. The fraction of sp³-hybridized carbons (Fsp3) is 0. The Labute approximate surface area is 145 Å². The molecule has 0 saturated carbocycles. The van der Waals surface area contributed by atoms with Crippen molar-refractivity contribution in [1.29, 1.82) is 0 Å². The fourth-order valence-corrected chi connectivity index (χ4v) is 2.83. The lowest BCUT2D eigenvalue weighted by Gasteiger charge is -2.03. The maximum absolute atomic E-state index is 12.0. The molecule has 0 aliphatic carbocycles. The van der Waals surface area contributed by atoms with Gasteiger partial charge in [0.25, 0.3) is 15.7 Å². The van der Waals surface area contributed by atoms with Crippen LogP contribution >= 0.6 is 27.5 Å². The first kappa shape index (κ1) is 17.4. The Morgan fingerprint density at radius 1 is 1.22 bits per heavy atom. The molecule has 0 unspecified atom stereocenters. The first-order chi connectivity index (χ1) is 10.8. The van der Waals surface area contributed by atoms with Gasteiger partial charge in [-0.3, -0.25) is 10.1 Å². The lowest BCUT2D eigenvalue weighted by atomic mass is 10.2. The maximum Gasteiger partial charge on any atom is 0.288 e. The quantitative estimate of drug-likeness (QED) is 0.457. The molecular weight excluding hydrogens is 410 g/mol. The Kier molecular flexibility index (Phi) is 5.34. The summed E-state index contributed by atoms with van der Waals surface area (Å²) < 4.78 is 24.7. The molecule has 0 radical (unpaired) electrons. The Morgan fingerprint density at radius 3 is 2.48 bits per heavy atom. The van der Waals surface area contributed by atoms with Crippen LogP contribution in [0.2, 0.25) is 5.02 Å². The van der Waals surface area contributed by atoms with Gasteiger partial charge < -0.3 is 0 Å². The summed E-state index contributed by atoms with van der Waals surface area (Å²) in [4.78, 5) is 12.2. The van der Waals surface area contributed by atoms with Crippen LogP contribution in [-0.4, -0.2) is 19.6 Å². The van der Waals surface area contributed by atoms with E-state index in [1.165, 1.54) is 30.3 Å². The lowest BCUT2D eigenvalue weighted by Crippen LogP contribution is -2.18. The highest BCUT2D eigenvalue weighted by Crippen LogP contribution is 2.24. The van der Waals surface area contributed by atoms with Crippen LogP contribution in [0.25, 0.3) is 0 Å². The van der Waals surface area contributed by atoms with Gasteiger partial charge in [-0.2, -0.15) is 13.5 Å². The number of hydrogen-bond acceptors (Lipinski definition) is 5. The van der Waals surface area contributed by atoms with E-state index >= 15 is 0 Å². The van der Waals surface area contributed by atoms with Crippen molar-refractivity contribution in [3.8, 4) is 0 Å². The molecule has 10 heteroatoms. The molecule has 0 aliphatic rings. The molecule has 120 valence electrons. The van der Waals surface area contributed by atoms with Crippen LogP contribution in [0.5, 0.6) is 0 Å². The summed E-state index contributed by atoms with van der Waals surface area (Å²) in [6, 6.07) is 10.0. The molecule has 0 bridgehead atoms. The smallest absolute Gasteiger partial charge is 0.258 e. The predicted octanol–water partition coefficient (Wildman–Crippen LogP) is 3.32. The number of hydrazone groups is 1. The molecule has 0 amide bonds. The van der Waals surface area contributed by atoms with E-state index in [1.54, 1.807) is 12.1 Å². The molecule has 7 nitrogen and oxygen atoms in total. The molecule has 2 aromatic rings. The summed E-state index contributed by atoms with van der Waals surface area (Å²) in [6.07, 6.45) is 1.15. The molecule has 2 rings (SSSR count). The van der Waals surface area contributed by atoms with Gasteiger partial charge in [-0.25, -0.2) is 4.83 Å². The molecule has 0 aromatic heterocycles. The topological polar surface area (TPSA) is 102 Å². The van der Waals surface area contributed by atoms with E-state index in [0.29, 0.717) is 5.56 Å². The van der Waals surface area contributed by atoms with E-state index in [0.717, 1.165) is 10.7 Å².